The normalized spacial score (nSPS) is 8.50. The monoisotopic (exact) mass is 199 g/mol. The van der Waals surface area contributed by atoms with E-state index in [0.29, 0.717) is 0 Å². The molecule has 0 saturated carbocycles. The molecule has 6 nitrogen and oxygen atoms in total. The van der Waals surface area contributed by atoms with Crippen molar-refractivity contribution < 1.29 is 14.4 Å². The lowest BCUT2D eigenvalue weighted by atomic mass is 10.5. The molecule has 0 atom stereocenters. The Kier molecular flexibility index (Phi) is 4.98. The van der Waals surface area contributed by atoms with Gasteiger partial charge in [-0.15, -0.1) is 0 Å². The molecule has 0 aliphatic carbocycles. The van der Waals surface area contributed by atoms with Crippen molar-refractivity contribution in [2.75, 3.05) is 0 Å². The highest BCUT2D eigenvalue weighted by Gasteiger charge is 2.01. The summed E-state index contributed by atoms with van der Waals surface area (Å²) in [4.78, 5) is 31.9. The molecular formula is C8H13N3O3. The molecule has 0 rings (SSSR count). The summed E-state index contributed by atoms with van der Waals surface area (Å²) in [5, 5.41) is 7.01. The molecular weight excluding hydrogens is 186 g/mol. The van der Waals surface area contributed by atoms with Gasteiger partial charge in [-0.25, -0.2) is 0 Å². The van der Waals surface area contributed by atoms with Crippen molar-refractivity contribution in [2.24, 2.45) is 0 Å². The zero-order valence-electron chi connectivity index (χ0n) is 8.30. The summed E-state index contributed by atoms with van der Waals surface area (Å²) in [6.07, 6.45) is 1.21. The van der Waals surface area contributed by atoms with Gasteiger partial charge in [-0.3, -0.25) is 14.4 Å². The molecule has 6 heteroatoms. The van der Waals surface area contributed by atoms with Crippen LogP contribution in [0.4, 0.5) is 0 Å². The van der Waals surface area contributed by atoms with Crippen molar-refractivity contribution in [1.82, 2.24) is 16.0 Å². The number of carbonyl (C=O) groups is 3. The van der Waals surface area contributed by atoms with Crippen LogP contribution in [0.3, 0.4) is 0 Å². The lowest BCUT2D eigenvalue weighted by Gasteiger charge is -2.07. The van der Waals surface area contributed by atoms with E-state index < -0.39 is 0 Å². The molecule has 0 heterocycles. The Morgan fingerprint density at radius 2 is 1.29 bits per heavy atom. The third-order valence-corrected chi connectivity index (χ3v) is 1.04. The lowest BCUT2D eigenvalue weighted by Crippen LogP contribution is -2.34. The Hall–Kier alpha value is -1.85. The van der Waals surface area contributed by atoms with E-state index in [0.717, 1.165) is 0 Å². The largest absolute Gasteiger partial charge is 0.329 e. The summed E-state index contributed by atoms with van der Waals surface area (Å²) in [6, 6.07) is 0. The summed E-state index contributed by atoms with van der Waals surface area (Å²) >= 11 is 0. The van der Waals surface area contributed by atoms with Gasteiger partial charge in [0.1, 0.15) is 5.82 Å². The highest BCUT2D eigenvalue weighted by atomic mass is 16.2. The highest BCUT2D eigenvalue weighted by Crippen LogP contribution is 1.81. The van der Waals surface area contributed by atoms with Crippen LogP contribution in [0.5, 0.6) is 0 Å². The lowest BCUT2D eigenvalue weighted by molar-refractivity contribution is -0.120. The number of hydrogen-bond acceptors (Lipinski definition) is 3. The van der Waals surface area contributed by atoms with Crippen molar-refractivity contribution >= 4 is 17.7 Å². The van der Waals surface area contributed by atoms with Crippen molar-refractivity contribution in [3.05, 3.63) is 12.0 Å². The molecule has 78 valence electrons. The van der Waals surface area contributed by atoms with Crippen molar-refractivity contribution in [1.29, 1.82) is 0 Å². The Balaban J connectivity index is 4.37. The Morgan fingerprint density at radius 1 is 0.857 bits per heavy atom. The fourth-order valence-corrected chi connectivity index (χ4v) is 0.657. The molecule has 0 fully saturated rings. The van der Waals surface area contributed by atoms with Crippen molar-refractivity contribution in [3.8, 4) is 0 Å². The first-order chi connectivity index (χ1) is 6.41. The Labute approximate surface area is 81.7 Å². The van der Waals surface area contributed by atoms with Crippen LogP contribution < -0.4 is 16.0 Å². The second-order valence-electron chi connectivity index (χ2n) is 2.62. The van der Waals surface area contributed by atoms with Gasteiger partial charge in [-0.05, 0) is 0 Å². The van der Waals surface area contributed by atoms with Crippen LogP contribution in [0.2, 0.25) is 0 Å². The number of rotatable bonds is 3. The molecule has 0 aromatic rings. The molecule has 0 bridgehead atoms. The highest BCUT2D eigenvalue weighted by molar-refractivity contribution is 5.79. The molecule has 0 aliphatic rings. The molecule has 0 aromatic heterocycles. The van der Waals surface area contributed by atoms with E-state index in [1.54, 1.807) is 0 Å². The van der Waals surface area contributed by atoms with E-state index in [4.69, 9.17) is 0 Å². The van der Waals surface area contributed by atoms with Crippen molar-refractivity contribution in [3.63, 3.8) is 0 Å². The molecule has 14 heavy (non-hydrogen) atoms. The van der Waals surface area contributed by atoms with E-state index in [1.165, 1.54) is 27.0 Å². The first kappa shape index (κ1) is 12.2. The van der Waals surface area contributed by atoms with Crippen molar-refractivity contribution in [2.45, 2.75) is 20.8 Å². The van der Waals surface area contributed by atoms with E-state index in [9.17, 15) is 14.4 Å². The summed E-state index contributed by atoms with van der Waals surface area (Å²) in [7, 11) is 0. The number of carbonyl (C=O) groups excluding carboxylic acids is 3. The maximum atomic E-state index is 10.7. The van der Waals surface area contributed by atoms with Crippen LogP contribution in [-0.4, -0.2) is 17.7 Å². The molecule has 0 spiro atoms. The first-order valence-electron chi connectivity index (χ1n) is 3.94. The zero-order valence-corrected chi connectivity index (χ0v) is 8.30. The molecule has 0 unspecified atom stereocenters. The fourth-order valence-electron chi connectivity index (χ4n) is 0.657. The SMILES string of the molecule is CC(=O)NC=C(NC(C)=O)NC(C)=O. The smallest absolute Gasteiger partial charge is 0.222 e. The van der Waals surface area contributed by atoms with Crippen LogP contribution in [-0.2, 0) is 14.4 Å². The third kappa shape index (κ3) is 6.84. The minimum Gasteiger partial charge on any atom is -0.329 e. The van der Waals surface area contributed by atoms with Gasteiger partial charge in [0, 0.05) is 27.0 Å². The molecule has 3 amide bonds. The van der Waals surface area contributed by atoms with Gasteiger partial charge in [0.05, 0.1) is 0 Å². The van der Waals surface area contributed by atoms with E-state index in [2.05, 4.69) is 16.0 Å². The Bertz CT molecular complexity index is 266. The second-order valence-corrected chi connectivity index (χ2v) is 2.62. The number of nitrogens with one attached hydrogen (secondary N) is 3. The number of amides is 3. The average Bonchev–Trinajstić information content (AvgIpc) is 1.97. The summed E-state index contributed by atoms with van der Waals surface area (Å²) in [6.45, 7) is 3.91. The maximum Gasteiger partial charge on any atom is 0.222 e. The van der Waals surface area contributed by atoms with Crippen LogP contribution in [0.1, 0.15) is 20.8 Å². The third-order valence-electron chi connectivity index (χ3n) is 1.04. The molecule has 0 saturated heterocycles. The minimum absolute atomic E-state index is 0.139. The fraction of sp³-hybridized carbons (Fsp3) is 0.375. The van der Waals surface area contributed by atoms with Crippen LogP contribution in [0.25, 0.3) is 0 Å². The molecule has 0 radical (unpaired) electrons. The quantitative estimate of drug-likeness (QED) is 0.555. The van der Waals surface area contributed by atoms with Gasteiger partial charge in [0.15, 0.2) is 0 Å². The second kappa shape index (κ2) is 5.74. The van der Waals surface area contributed by atoms with Gasteiger partial charge in [-0.1, -0.05) is 0 Å². The van der Waals surface area contributed by atoms with E-state index in [1.807, 2.05) is 0 Å². The van der Waals surface area contributed by atoms with Gasteiger partial charge in [-0.2, -0.15) is 0 Å². The predicted octanol–water partition coefficient (Wildman–Crippen LogP) is -0.806. The predicted molar refractivity (Wildman–Crippen MR) is 49.5 cm³/mol. The van der Waals surface area contributed by atoms with E-state index in [-0.39, 0.29) is 23.5 Å². The van der Waals surface area contributed by atoms with Crippen LogP contribution >= 0.6 is 0 Å². The van der Waals surface area contributed by atoms with Gasteiger partial charge in [0.2, 0.25) is 17.7 Å². The summed E-state index contributed by atoms with van der Waals surface area (Å²) < 4.78 is 0. The standard InChI is InChI=1S/C8H13N3O3/c1-5(12)9-4-8(10-6(2)13)11-7(3)14/h4H,1-3H3,(H,9,12)(H,10,13)(H,11,14). The van der Waals surface area contributed by atoms with Gasteiger partial charge < -0.3 is 16.0 Å². The molecule has 0 aromatic carbocycles. The van der Waals surface area contributed by atoms with Crippen LogP contribution in [0.15, 0.2) is 12.0 Å². The summed E-state index contributed by atoms with van der Waals surface area (Å²) in [5.41, 5.74) is 0. The van der Waals surface area contributed by atoms with E-state index >= 15 is 0 Å². The molecule has 0 aliphatic heterocycles. The topological polar surface area (TPSA) is 87.3 Å². The minimum atomic E-state index is -0.338. The summed E-state index contributed by atoms with van der Waals surface area (Å²) in [5.74, 6) is -0.830. The Morgan fingerprint density at radius 3 is 1.57 bits per heavy atom. The molecule has 3 N–H and O–H groups in total. The number of hydrogen-bond donors (Lipinski definition) is 3. The van der Waals surface area contributed by atoms with Gasteiger partial charge >= 0.3 is 0 Å². The van der Waals surface area contributed by atoms with Crippen LogP contribution in [0, 0.1) is 0 Å². The maximum absolute atomic E-state index is 10.7. The van der Waals surface area contributed by atoms with Gasteiger partial charge in [0.25, 0.3) is 0 Å². The zero-order chi connectivity index (χ0) is 11.1. The average molecular weight is 199 g/mol. The first-order valence-corrected chi connectivity index (χ1v) is 3.94.